The molecule has 1 heterocycles. The summed E-state index contributed by atoms with van der Waals surface area (Å²) >= 11 is 0. The van der Waals surface area contributed by atoms with E-state index in [0.29, 0.717) is 13.2 Å². The first kappa shape index (κ1) is 19.5. The van der Waals surface area contributed by atoms with Gasteiger partial charge in [-0.2, -0.15) is 0 Å². The predicted molar refractivity (Wildman–Crippen MR) is 114 cm³/mol. The molecule has 150 valence electrons. The highest BCUT2D eigenvalue weighted by atomic mass is 16.5. The molecule has 1 fully saturated rings. The number of rotatable bonds is 8. The number of hydrogen-bond acceptors (Lipinski definition) is 3. The van der Waals surface area contributed by atoms with Crippen LogP contribution in [0, 0.1) is 5.92 Å². The van der Waals surface area contributed by atoms with Crippen LogP contribution in [-0.4, -0.2) is 35.8 Å². The molecule has 0 bridgehead atoms. The molecule has 1 aliphatic heterocycles. The summed E-state index contributed by atoms with van der Waals surface area (Å²) in [5.41, 5.74) is 4.18. The van der Waals surface area contributed by atoms with Crippen LogP contribution in [0.2, 0.25) is 0 Å². The van der Waals surface area contributed by atoms with E-state index in [2.05, 4.69) is 47.4 Å². The highest BCUT2D eigenvalue weighted by molar-refractivity contribution is 5.29. The van der Waals surface area contributed by atoms with Gasteiger partial charge in [0.25, 0.3) is 0 Å². The van der Waals surface area contributed by atoms with Crippen LogP contribution >= 0.6 is 0 Å². The first-order chi connectivity index (χ1) is 13.8. The minimum absolute atomic E-state index is 0.351. The molecule has 1 N–H and O–H groups in total. The summed E-state index contributed by atoms with van der Waals surface area (Å²) in [5.74, 6) is 1.80. The normalized spacial score (nSPS) is 18.8. The van der Waals surface area contributed by atoms with E-state index in [0.717, 1.165) is 37.6 Å². The number of aliphatic hydroxyl groups is 1. The van der Waals surface area contributed by atoms with Gasteiger partial charge in [-0.1, -0.05) is 62.1 Å². The second-order valence-electron chi connectivity index (χ2n) is 8.56. The van der Waals surface area contributed by atoms with Crippen molar-refractivity contribution in [2.75, 3.05) is 19.7 Å². The average Bonchev–Trinajstić information content (AvgIpc) is 3.25. The van der Waals surface area contributed by atoms with Gasteiger partial charge in [0.2, 0.25) is 0 Å². The van der Waals surface area contributed by atoms with Gasteiger partial charge in [0.1, 0.15) is 18.5 Å². The largest absolute Gasteiger partial charge is 0.491 e. The minimum atomic E-state index is -0.465. The monoisotopic (exact) mass is 379 g/mol. The quantitative estimate of drug-likeness (QED) is 0.727. The van der Waals surface area contributed by atoms with Gasteiger partial charge in [0.05, 0.1) is 0 Å². The lowest BCUT2D eigenvalue weighted by molar-refractivity contribution is 0.0637. The van der Waals surface area contributed by atoms with Crippen molar-refractivity contribution >= 4 is 0 Å². The standard InChI is InChI=1S/C25H33NO2/c27-24(18-26-15-14-22-9-3-4-10-23(22)17-26)19-28-25-11-5-8-21(16-25)13-12-20-6-1-2-7-20/h3-5,8-11,16,20,24,27H,1-2,6-7,12-15,17-19H2. The Balaban J connectivity index is 1.22. The highest BCUT2D eigenvalue weighted by Gasteiger charge is 2.19. The number of ether oxygens (including phenoxy) is 1. The number of aryl methyl sites for hydroxylation is 1. The molecule has 2 aromatic rings. The Labute approximate surface area is 169 Å². The summed E-state index contributed by atoms with van der Waals surface area (Å²) in [6.07, 6.45) is 8.66. The molecule has 2 aliphatic rings. The van der Waals surface area contributed by atoms with Gasteiger partial charge in [-0.3, -0.25) is 4.90 Å². The Kier molecular flexibility index (Phi) is 6.66. The van der Waals surface area contributed by atoms with E-state index < -0.39 is 6.10 Å². The Morgan fingerprint density at radius 3 is 2.71 bits per heavy atom. The Morgan fingerprint density at radius 2 is 1.86 bits per heavy atom. The third-order valence-electron chi connectivity index (χ3n) is 6.34. The van der Waals surface area contributed by atoms with E-state index in [4.69, 9.17) is 4.74 Å². The van der Waals surface area contributed by atoms with E-state index in [9.17, 15) is 5.11 Å². The Morgan fingerprint density at radius 1 is 1.04 bits per heavy atom. The molecule has 0 amide bonds. The third-order valence-corrected chi connectivity index (χ3v) is 6.34. The molecule has 28 heavy (non-hydrogen) atoms. The summed E-state index contributed by atoms with van der Waals surface area (Å²) in [7, 11) is 0. The molecule has 3 heteroatoms. The summed E-state index contributed by atoms with van der Waals surface area (Å²) in [5, 5.41) is 10.5. The fraction of sp³-hybridized carbons (Fsp3) is 0.520. The van der Waals surface area contributed by atoms with Crippen molar-refractivity contribution in [3.05, 3.63) is 65.2 Å². The number of β-amino-alcohol motifs (C(OH)–C–C–N with tert-alkyl or cyclic N) is 1. The second-order valence-corrected chi connectivity index (χ2v) is 8.56. The molecule has 2 aromatic carbocycles. The summed E-state index contributed by atoms with van der Waals surface area (Å²) < 4.78 is 5.91. The van der Waals surface area contributed by atoms with Crippen LogP contribution in [0.3, 0.4) is 0 Å². The van der Waals surface area contributed by atoms with E-state index in [1.807, 2.05) is 6.07 Å². The third kappa shape index (κ3) is 5.36. The van der Waals surface area contributed by atoms with Gasteiger partial charge in [0, 0.05) is 19.6 Å². The lowest BCUT2D eigenvalue weighted by Gasteiger charge is -2.30. The number of aliphatic hydroxyl groups excluding tert-OH is 1. The van der Waals surface area contributed by atoms with Crippen molar-refractivity contribution < 1.29 is 9.84 Å². The molecule has 0 radical (unpaired) electrons. The van der Waals surface area contributed by atoms with Crippen LogP contribution in [0.25, 0.3) is 0 Å². The molecule has 4 rings (SSSR count). The molecular weight excluding hydrogens is 346 g/mol. The van der Waals surface area contributed by atoms with E-state index in [-0.39, 0.29) is 0 Å². The summed E-state index contributed by atoms with van der Waals surface area (Å²) in [4.78, 5) is 2.33. The summed E-state index contributed by atoms with van der Waals surface area (Å²) in [6, 6.07) is 17.0. The zero-order valence-corrected chi connectivity index (χ0v) is 16.9. The number of nitrogens with zero attached hydrogens (tertiary/aromatic N) is 1. The fourth-order valence-electron chi connectivity index (χ4n) is 4.71. The van der Waals surface area contributed by atoms with Crippen LogP contribution < -0.4 is 4.74 Å². The van der Waals surface area contributed by atoms with Gasteiger partial charge in [0.15, 0.2) is 0 Å². The van der Waals surface area contributed by atoms with E-state index in [1.54, 1.807) is 0 Å². The molecule has 3 nitrogen and oxygen atoms in total. The second kappa shape index (κ2) is 9.58. The van der Waals surface area contributed by atoms with Crippen LogP contribution in [0.1, 0.15) is 48.8 Å². The van der Waals surface area contributed by atoms with Crippen LogP contribution in [0.4, 0.5) is 0 Å². The maximum atomic E-state index is 10.5. The maximum Gasteiger partial charge on any atom is 0.119 e. The molecule has 0 spiro atoms. The van der Waals surface area contributed by atoms with Gasteiger partial charge in [-0.15, -0.1) is 0 Å². The summed E-state index contributed by atoms with van der Waals surface area (Å²) in [6.45, 7) is 2.94. The van der Waals surface area contributed by atoms with Gasteiger partial charge < -0.3 is 9.84 Å². The first-order valence-electron chi connectivity index (χ1n) is 11.0. The van der Waals surface area contributed by atoms with Crippen LogP contribution in [-0.2, 0) is 19.4 Å². The molecule has 1 atom stereocenters. The first-order valence-corrected chi connectivity index (χ1v) is 11.0. The SMILES string of the molecule is OC(COc1cccc(CCC2CCCC2)c1)CN1CCc2ccccc2C1. The molecule has 1 unspecified atom stereocenters. The van der Waals surface area contributed by atoms with Crippen molar-refractivity contribution in [2.24, 2.45) is 5.92 Å². The zero-order valence-electron chi connectivity index (χ0n) is 16.9. The van der Waals surface area contributed by atoms with Gasteiger partial charge in [-0.25, -0.2) is 0 Å². The average molecular weight is 380 g/mol. The van der Waals surface area contributed by atoms with Crippen molar-refractivity contribution in [1.29, 1.82) is 0 Å². The topological polar surface area (TPSA) is 32.7 Å². The highest BCUT2D eigenvalue weighted by Crippen LogP contribution is 2.29. The lowest BCUT2D eigenvalue weighted by atomic mass is 9.98. The molecule has 1 saturated carbocycles. The number of benzene rings is 2. The van der Waals surface area contributed by atoms with Gasteiger partial charge in [-0.05, 0) is 54.0 Å². The smallest absolute Gasteiger partial charge is 0.119 e. The minimum Gasteiger partial charge on any atom is -0.491 e. The predicted octanol–water partition coefficient (Wildman–Crippen LogP) is 4.61. The van der Waals surface area contributed by atoms with Crippen molar-refractivity contribution in [1.82, 2.24) is 4.90 Å². The Hall–Kier alpha value is -1.84. The van der Waals surface area contributed by atoms with Crippen LogP contribution in [0.5, 0.6) is 5.75 Å². The maximum absolute atomic E-state index is 10.5. The van der Waals surface area contributed by atoms with Crippen molar-refractivity contribution in [2.45, 2.75) is 57.6 Å². The van der Waals surface area contributed by atoms with Crippen molar-refractivity contribution in [3.63, 3.8) is 0 Å². The fourth-order valence-corrected chi connectivity index (χ4v) is 4.71. The number of fused-ring (bicyclic) bond motifs is 1. The van der Waals surface area contributed by atoms with E-state index >= 15 is 0 Å². The molecular formula is C25H33NO2. The van der Waals surface area contributed by atoms with Gasteiger partial charge >= 0.3 is 0 Å². The van der Waals surface area contributed by atoms with E-state index in [1.165, 1.54) is 48.8 Å². The number of hydrogen-bond donors (Lipinski definition) is 1. The molecule has 0 saturated heterocycles. The molecule has 1 aliphatic carbocycles. The van der Waals surface area contributed by atoms with Crippen LogP contribution in [0.15, 0.2) is 48.5 Å². The lowest BCUT2D eigenvalue weighted by Crippen LogP contribution is -2.38. The Bertz CT molecular complexity index is 754. The zero-order chi connectivity index (χ0) is 19.2. The van der Waals surface area contributed by atoms with Crippen molar-refractivity contribution in [3.8, 4) is 5.75 Å². The molecule has 0 aromatic heterocycles.